The van der Waals surface area contributed by atoms with Crippen molar-refractivity contribution in [3.05, 3.63) is 77.9 Å². The minimum Gasteiger partial charge on any atom is -0.506 e. The van der Waals surface area contributed by atoms with E-state index in [4.69, 9.17) is 16.3 Å². The zero-order valence-corrected chi connectivity index (χ0v) is 18.2. The van der Waals surface area contributed by atoms with E-state index < -0.39 is 0 Å². The number of phenols is 1. The zero-order chi connectivity index (χ0) is 21.8. The predicted octanol–water partition coefficient (Wildman–Crippen LogP) is 5.71. The summed E-state index contributed by atoms with van der Waals surface area (Å²) >= 11 is 6.01. The van der Waals surface area contributed by atoms with Crippen LogP contribution in [0.3, 0.4) is 0 Å². The van der Waals surface area contributed by atoms with Crippen molar-refractivity contribution in [3.63, 3.8) is 0 Å². The van der Waals surface area contributed by atoms with Gasteiger partial charge >= 0.3 is 0 Å². The molecule has 0 atom stereocenters. The number of phenolic OH excluding ortho intramolecular Hbond substituents is 1. The Morgan fingerprint density at radius 2 is 1.77 bits per heavy atom. The van der Waals surface area contributed by atoms with Gasteiger partial charge in [-0.2, -0.15) is 0 Å². The van der Waals surface area contributed by atoms with Crippen molar-refractivity contribution in [3.8, 4) is 45.3 Å². The zero-order valence-electron chi connectivity index (χ0n) is 17.5. The van der Waals surface area contributed by atoms with Crippen molar-refractivity contribution < 1.29 is 9.84 Å². The average molecular weight is 434 g/mol. The molecule has 0 aliphatic carbocycles. The Hall–Kier alpha value is -3.28. The van der Waals surface area contributed by atoms with Gasteiger partial charge < -0.3 is 19.7 Å². The first-order valence-corrected chi connectivity index (χ1v) is 10.4. The molecule has 158 valence electrons. The monoisotopic (exact) mass is 433 g/mol. The van der Waals surface area contributed by atoms with E-state index in [1.807, 2.05) is 62.6 Å². The molecule has 0 aliphatic rings. The van der Waals surface area contributed by atoms with Crippen molar-refractivity contribution in [1.29, 1.82) is 0 Å². The van der Waals surface area contributed by atoms with Crippen LogP contribution in [0.1, 0.15) is 0 Å². The minimum absolute atomic E-state index is 0.0431. The molecule has 0 fully saturated rings. The third-order valence-corrected chi connectivity index (χ3v) is 5.29. The first-order chi connectivity index (χ1) is 15.0. The molecular weight excluding hydrogens is 410 g/mol. The molecule has 5 nitrogen and oxygen atoms in total. The lowest BCUT2D eigenvalue weighted by atomic mass is 10.0. The maximum absolute atomic E-state index is 10.1. The number of H-pyrrole nitrogens is 1. The Bertz CT molecular complexity index is 1160. The van der Waals surface area contributed by atoms with Crippen LogP contribution in [0.5, 0.6) is 11.5 Å². The average Bonchev–Trinajstić information content (AvgIpc) is 3.22. The highest BCUT2D eigenvalue weighted by Crippen LogP contribution is 2.37. The molecule has 2 N–H and O–H groups in total. The molecule has 31 heavy (non-hydrogen) atoms. The lowest BCUT2D eigenvalue weighted by Gasteiger charge is -2.11. The molecule has 0 saturated carbocycles. The molecular formula is C25H24ClN3O2. The summed E-state index contributed by atoms with van der Waals surface area (Å²) in [7, 11) is 4.05. The number of halogens is 1. The quantitative estimate of drug-likeness (QED) is 0.392. The van der Waals surface area contributed by atoms with E-state index in [9.17, 15) is 5.11 Å². The van der Waals surface area contributed by atoms with Crippen molar-refractivity contribution in [2.75, 3.05) is 27.2 Å². The van der Waals surface area contributed by atoms with Gasteiger partial charge in [-0.3, -0.25) is 4.98 Å². The highest BCUT2D eigenvalue weighted by Gasteiger charge is 2.15. The van der Waals surface area contributed by atoms with Gasteiger partial charge in [0.15, 0.2) is 0 Å². The number of hydrogen-bond donors (Lipinski definition) is 2. The van der Waals surface area contributed by atoms with E-state index in [2.05, 4.69) is 20.9 Å². The van der Waals surface area contributed by atoms with Gasteiger partial charge in [0.25, 0.3) is 0 Å². The Morgan fingerprint density at radius 3 is 2.45 bits per heavy atom. The summed E-state index contributed by atoms with van der Waals surface area (Å²) in [6, 6.07) is 21.1. The number of likely N-dealkylation sites (N-methyl/N-ethyl adjacent to an activating group) is 1. The number of aromatic amines is 1. The van der Waals surface area contributed by atoms with Crippen LogP contribution in [-0.4, -0.2) is 47.2 Å². The van der Waals surface area contributed by atoms with E-state index in [0.717, 1.165) is 46.1 Å². The van der Waals surface area contributed by atoms with Gasteiger partial charge in [0.2, 0.25) is 0 Å². The van der Waals surface area contributed by atoms with Crippen molar-refractivity contribution in [1.82, 2.24) is 14.9 Å². The van der Waals surface area contributed by atoms with E-state index in [1.165, 1.54) is 0 Å². The summed E-state index contributed by atoms with van der Waals surface area (Å²) < 4.78 is 5.80. The first-order valence-electron chi connectivity index (χ1n) is 10.0. The molecule has 0 saturated heterocycles. The van der Waals surface area contributed by atoms with Gasteiger partial charge in [-0.1, -0.05) is 23.7 Å². The van der Waals surface area contributed by atoms with Gasteiger partial charge in [0.1, 0.15) is 18.1 Å². The summed E-state index contributed by atoms with van der Waals surface area (Å²) in [6.45, 7) is 1.51. The van der Waals surface area contributed by atoms with Crippen molar-refractivity contribution >= 4 is 11.6 Å². The van der Waals surface area contributed by atoms with Gasteiger partial charge in [0, 0.05) is 29.6 Å². The van der Waals surface area contributed by atoms with Gasteiger partial charge in [-0.25, -0.2) is 0 Å². The van der Waals surface area contributed by atoms with E-state index >= 15 is 0 Å². The van der Waals surface area contributed by atoms with Gasteiger partial charge in [-0.05, 0) is 74.3 Å². The Kier molecular flexibility index (Phi) is 6.26. The number of aromatic hydroxyl groups is 1. The van der Waals surface area contributed by atoms with E-state index in [0.29, 0.717) is 11.6 Å². The molecule has 2 heterocycles. The molecule has 4 aromatic rings. The third kappa shape index (κ3) is 4.90. The van der Waals surface area contributed by atoms with Crippen molar-refractivity contribution in [2.45, 2.75) is 0 Å². The minimum atomic E-state index is 0.0431. The Labute approximate surface area is 186 Å². The molecule has 0 unspecified atom stereocenters. The van der Waals surface area contributed by atoms with E-state index in [1.54, 1.807) is 18.3 Å². The van der Waals surface area contributed by atoms with Crippen LogP contribution >= 0.6 is 11.6 Å². The normalized spacial score (nSPS) is 11.1. The van der Waals surface area contributed by atoms with Crippen LogP contribution in [0.2, 0.25) is 5.02 Å². The number of ether oxygens (including phenoxy) is 1. The number of nitrogens with one attached hydrogen (secondary N) is 1. The lowest BCUT2D eigenvalue weighted by Crippen LogP contribution is -2.19. The summed E-state index contributed by atoms with van der Waals surface area (Å²) in [5.41, 5.74) is 5.47. The Morgan fingerprint density at radius 1 is 1.00 bits per heavy atom. The summed E-state index contributed by atoms with van der Waals surface area (Å²) in [4.78, 5) is 10.1. The SMILES string of the molecule is CN(C)CCOc1ccc(-c2cc(-c3ccccn3)c(-c3ccc(Cl)c(O)c3)[nH]2)cc1. The van der Waals surface area contributed by atoms with Crippen LogP contribution in [0.15, 0.2) is 72.9 Å². The third-order valence-electron chi connectivity index (χ3n) is 4.97. The molecule has 0 spiro atoms. The summed E-state index contributed by atoms with van der Waals surface area (Å²) in [5, 5.41) is 10.4. The molecule has 0 aliphatic heterocycles. The topological polar surface area (TPSA) is 61.4 Å². The maximum atomic E-state index is 10.1. The molecule has 0 bridgehead atoms. The molecule has 0 radical (unpaired) electrons. The number of nitrogens with zero attached hydrogens (tertiary/aromatic N) is 2. The highest BCUT2D eigenvalue weighted by atomic mass is 35.5. The fraction of sp³-hybridized carbons (Fsp3) is 0.160. The van der Waals surface area contributed by atoms with Gasteiger partial charge in [0.05, 0.1) is 16.4 Å². The van der Waals surface area contributed by atoms with E-state index in [-0.39, 0.29) is 5.75 Å². The predicted molar refractivity (Wildman–Crippen MR) is 126 cm³/mol. The maximum Gasteiger partial charge on any atom is 0.134 e. The molecule has 6 heteroatoms. The Balaban J connectivity index is 1.69. The second kappa shape index (κ2) is 9.25. The van der Waals surface area contributed by atoms with Crippen LogP contribution in [0, 0.1) is 0 Å². The smallest absolute Gasteiger partial charge is 0.134 e. The van der Waals surface area contributed by atoms with Crippen LogP contribution in [0.25, 0.3) is 33.8 Å². The second-order valence-electron chi connectivity index (χ2n) is 7.53. The fourth-order valence-electron chi connectivity index (χ4n) is 3.31. The standard InChI is InChI=1S/C25H24ClN3O2/c1-29(2)13-14-31-19-9-6-17(7-10-19)23-16-20(22-5-3-4-12-27-22)25(28-23)18-8-11-21(26)24(30)15-18/h3-12,15-16,28,30H,13-14H2,1-2H3. The largest absolute Gasteiger partial charge is 0.506 e. The summed E-state index contributed by atoms with van der Waals surface area (Å²) in [5.74, 6) is 0.881. The number of rotatable bonds is 7. The van der Waals surface area contributed by atoms with Gasteiger partial charge in [-0.15, -0.1) is 0 Å². The van der Waals surface area contributed by atoms with Crippen molar-refractivity contribution in [2.24, 2.45) is 0 Å². The second-order valence-corrected chi connectivity index (χ2v) is 7.94. The first kappa shape index (κ1) is 21.0. The molecule has 4 rings (SSSR count). The molecule has 2 aromatic carbocycles. The van der Waals surface area contributed by atoms with Crippen LogP contribution < -0.4 is 4.74 Å². The highest BCUT2D eigenvalue weighted by molar-refractivity contribution is 6.32. The summed E-state index contributed by atoms with van der Waals surface area (Å²) in [6.07, 6.45) is 1.77. The fourth-order valence-corrected chi connectivity index (χ4v) is 3.42. The van der Waals surface area contributed by atoms with Crippen LogP contribution in [0.4, 0.5) is 0 Å². The van der Waals surface area contributed by atoms with Crippen LogP contribution in [-0.2, 0) is 0 Å². The lowest BCUT2D eigenvalue weighted by molar-refractivity contribution is 0.261. The number of pyridine rings is 1. The number of aromatic nitrogens is 2. The number of hydrogen-bond acceptors (Lipinski definition) is 4. The number of benzene rings is 2. The molecule has 0 amide bonds. The molecule has 2 aromatic heterocycles.